The highest BCUT2D eigenvalue weighted by molar-refractivity contribution is 7.99. The fourth-order valence-electron chi connectivity index (χ4n) is 1.44. The van der Waals surface area contributed by atoms with Crippen LogP contribution in [0.15, 0.2) is 12.3 Å². The molecule has 0 aliphatic rings. The van der Waals surface area contributed by atoms with Crippen LogP contribution >= 0.6 is 11.8 Å². The first-order valence-electron chi connectivity index (χ1n) is 5.93. The zero-order chi connectivity index (χ0) is 12.0. The number of rotatable bonds is 7. The Bertz CT molecular complexity index is 299. The molecule has 0 amide bonds. The highest BCUT2D eigenvalue weighted by atomic mass is 32.2. The first kappa shape index (κ1) is 13.6. The molecule has 1 aromatic rings. The number of hydrogen-bond donors (Lipinski definition) is 1. The molecule has 92 valence electrons. The SMILES string of the molecule is CCCSCC(O)Cc1ccn(C(C)C)n1. The van der Waals surface area contributed by atoms with Crippen LogP contribution in [0.4, 0.5) is 0 Å². The fourth-order valence-corrected chi connectivity index (χ4v) is 2.28. The molecule has 3 nitrogen and oxygen atoms in total. The Labute approximate surface area is 102 Å². The number of aromatic nitrogens is 2. The monoisotopic (exact) mass is 242 g/mol. The summed E-state index contributed by atoms with van der Waals surface area (Å²) in [6.45, 7) is 6.36. The Morgan fingerprint density at radius 1 is 1.50 bits per heavy atom. The van der Waals surface area contributed by atoms with Crippen molar-refractivity contribution < 1.29 is 5.11 Å². The lowest BCUT2D eigenvalue weighted by Gasteiger charge is -2.08. The molecule has 1 N–H and O–H groups in total. The Hall–Kier alpha value is -0.480. The van der Waals surface area contributed by atoms with Gasteiger partial charge in [-0.15, -0.1) is 0 Å². The second-order valence-corrected chi connectivity index (χ2v) is 5.46. The Kier molecular flexibility index (Phi) is 5.91. The minimum absolute atomic E-state index is 0.271. The molecule has 0 saturated carbocycles. The van der Waals surface area contributed by atoms with E-state index < -0.39 is 0 Å². The summed E-state index contributed by atoms with van der Waals surface area (Å²) < 4.78 is 1.93. The van der Waals surface area contributed by atoms with E-state index in [1.165, 1.54) is 6.42 Å². The molecule has 0 bridgehead atoms. The van der Waals surface area contributed by atoms with Gasteiger partial charge in [0.2, 0.25) is 0 Å². The number of thioether (sulfide) groups is 1. The third kappa shape index (κ3) is 4.58. The van der Waals surface area contributed by atoms with Gasteiger partial charge in [-0.2, -0.15) is 16.9 Å². The van der Waals surface area contributed by atoms with Gasteiger partial charge in [0.25, 0.3) is 0 Å². The van der Waals surface area contributed by atoms with Crippen molar-refractivity contribution >= 4 is 11.8 Å². The summed E-state index contributed by atoms with van der Waals surface area (Å²) in [5, 5.41) is 14.2. The van der Waals surface area contributed by atoms with E-state index >= 15 is 0 Å². The fraction of sp³-hybridized carbons (Fsp3) is 0.750. The number of aliphatic hydroxyl groups is 1. The number of aliphatic hydroxyl groups excluding tert-OH is 1. The molecule has 1 unspecified atom stereocenters. The van der Waals surface area contributed by atoms with Gasteiger partial charge in [-0.25, -0.2) is 0 Å². The van der Waals surface area contributed by atoms with Crippen molar-refractivity contribution in [3.05, 3.63) is 18.0 Å². The third-order valence-corrected chi connectivity index (χ3v) is 3.61. The molecule has 0 aliphatic heterocycles. The standard InChI is InChI=1S/C12H22N2OS/c1-4-7-16-9-12(15)8-11-5-6-14(13-11)10(2)3/h5-6,10,12,15H,4,7-9H2,1-3H3. The molecular weight excluding hydrogens is 220 g/mol. The van der Waals surface area contributed by atoms with Crippen LogP contribution in [0, 0.1) is 0 Å². The van der Waals surface area contributed by atoms with Crippen molar-refractivity contribution in [3.63, 3.8) is 0 Å². The van der Waals surface area contributed by atoms with Gasteiger partial charge in [-0.05, 0) is 32.1 Å². The molecular formula is C12H22N2OS. The normalized spacial score (nSPS) is 13.3. The van der Waals surface area contributed by atoms with Gasteiger partial charge in [0, 0.05) is 24.4 Å². The zero-order valence-corrected chi connectivity index (χ0v) is 11.2. The highest BCUT2D eigenvalue weighted by Crippen LogP contribution is 2.10. The zero-order valence-electron chi connectivity index (χ0n) is 10.4. The van der Waals surface area contributed by atoms with Gasteiger partial charge in [0.1, 0.15) is 0 Å². The lowest BCUT2D eigenvalue weighted by atomic mass is 10.2. The van der Waals surface area contributed by atoms with Crippen LogP contribution in [0.5, 0.6) is 0 Å². The predicted molar refractivity (Wildman–Crippen MR) is 69.9 cm³/mol. The van der Waals surface area contributed by atoms with Crippen LogP contribution in [-0.4, -0.2) is 32.5 Å². The van der Waals surface area contributed by atoms with Crippen molar-refractivity contribution in [2.24, 2.45) is 0 Å². The average molecular weight is 242 g/mol. The molecule has 1 atom stereocenters. The van der Waals surface area contributed by atoms with Crippen LogP contribution in [0.1, 0.15) is 38.9 Å². The van der Waals surface area contributed by atoms with Crippen molar-refractivity contribution in [2.75, 3.05) is 11.5 Å². The van der Waals surface area contributed by atoms with E-state index in [0.29, 0.717) is 12.5 Å². The second kappa shape index (κ2) is 6.97. The summed E-state index contributed by atoms with van der Waals surface area (Å²) in [4.78, 5) is 0. The van der Waals surface area contributed by atoms with Gasteiger partial charge in [0.15, 0.2) is 0 Å². The van der Waals surface area contributed by atoms with Crippen LogP contribution in [0.3, 0.4) is 0 Å². The lowest BCUT2D eigenvalue weighted by Crippen LogP contribution is -2.14. The molecule has 0 radical (unpaired) electrons. The van der Waals surface area contributed by atoms with Crippen molar-refractivity contribution in [1.82, 2.24) is 9.78 Å². The summed E-state index contributed by atoms with van der Waals surface area (Å²) in [6.07, 6.45) is 3.54. The quantitative estimate of drug-likeness (QED) is 0.747. The van der Waals surface area contributed by atoms with Crippen molar-refractivity contribution in [3.8, 4) is 0 Å². The highest BCUT2D eigenvalue weighted by Gasteiger charge is 2.08. The number of hydrogen-bond acceptors (Lipinski definition) is 3. The van der Waals surface area contributed by atoms with Gasteiger partial charge in [-0.3, -0.25) is 4.68 Å². The molecule has 0 aliphatic carbocycles. The minimum Gasteiger partial charge on any atom is -0.392 e. The smallest absolute Gasteiger partial charge is 0.0686 e. The van der Waals surface area contributed by atoms with E-state index in [1.807, 2.05) is 28.7 Å². The van der Waals surface area contributed by atoms with Gasteiger partial charge in [-0.1, -0.05) is 6.92 Å². The molecule has 16 heavy (non-hydrogen) atoms. The molecule has 1 heterocycles. The molecule has 0 aromatic carbocycles. The Balaban J connectivity index is 2.34. The predicted octanol–water partition coefficient (Wildman–Crippen LogP) is 2.51. The van der Waals surface area contributed by atoms with E-state index in [2.05, 4.69) is 25.9 Å². The van der Waals surface area contributed by atoms with Crippen LogP contribution in [-0.2, 0) is 6.42 Å². The van der Waals surface area contributed by atoms with Crippen LogP contribution in [0.2, 0.25) is 0 Å². The minimum atomic E-state index is -0.271. The largest absolute Gasteiger partial charge is 0.392 e. The molecule has 1 rings (SSSR count). The van der Waals surface area contributed by atoms with Crippen molar-refractivity contribution in [2.45, 2.75) is 45.8 Å². The van der Waals surface area contributed by atoms with E-state index in [1.54, 1.807) is 0 Å². The summed E-state index contributed by atoms with van der Waals surface area (Å²) in [7, 11) is 0. The molecule has 1 aromatic heterocycles. The van der Waals surface area contributed by atoms with E-state index in [4.69, 9.17) is 0 Å². The molecule has 0 spiro atoms. The van der Waals surface area contributed by atoms with E-state index in [0.717, 1.165) is 17.2 Å². The van der Waals surface area contributed by atoms with Gasteiger partial charge in [0.05, 0.1) is 11.8 Å². The maximum atomic E-state index is 9.81. The Morgan fingerprint density at radius 3 is 2.81 bits per heavy atom. The van der Waals surface area contributed by atoms with Crippen LogP contribution < -0.4 is 0 Å². The number of nitrogens with zero attached hydrogens (tertiary/aromatic N) is 2. The topological polar surface area (TPSA) is 38.0 Å². The summed E-state index contributed by atoms with van der Waals surface area (Å²) in [5.41, 5.74) is 0.985. The maximum absolute atomic E-state index is 9.81. The maximum Gasteiger partial charge on any atom is 0.0686 e. The summed E-state index contributed by atoms with van der Waals surface area (Å²) in [6, 6.07) is 2.38. The average Bonchev–Trinajstić information content (AvgIpc) is 2.66. The van der Waals surface area contributed by atoms with Crippen LogP contribution in [0.25, 0.3) is 0 Å². The lowest BCUT2D eigenvalue weighted by molar-refractivity contribution is 0.198. The first-order chi connectivity index (χ1) is 7.63. The molecule has 4 heteroatoms. The summed E-state index contributed by atoms with van der Waals surface area (Å²) in [5.74, 6) is 1.93. The molecule has 0 fully saturated rings. The van der Waals surface area contributed by atoms with Crippen molar-refractivity contribution in [1.29, 1.82) is 0 Å². The third-order valence-electron chi connectivity index (χ3n) is 2.30. The molecule has 0 saturated heterocycles. The van der Waals surface area contributed by atoms with Gasteiger partial charge < -0.3 is 5.11 Å². The Morgan fingerprint density at radius 2 is 2.25 bits per heavy atom. The van der Waals surface area contributed by atoms with Gasteiger partial charge >= 0.3 is 0 Å². The first-order valence-corrected chi connectivity index (χ1v) is 7.08. The second-order valence-electron chi connectivity index (χ2n) is 4.31. The summed E-state index contributed by atoms with van der Waals surface area (Å²) >= 11 is 1.81. The van der Waals surface area contributed by atoms with E-state index in [-0.39, 0.29) is 6.10 Å². The van der Waals surface area contributed by atoms with E-state index in [9.17, 15) is 5.11 Å².